The van der Waals surface area contributed by atoms with Gasteiger partial charge in [-0.3, -0.25) is 0 Å². The summed E-state index contributed by atoms with van der Waals surface area (Å²) in [6, 6.07) is 16.5. The average molecular weight is 298 g/mol. The summed E-state index contributed by atoms with van der Waals surface area (Å²) in [5.41, 5.74) is 9.92. The van der Waals surface area contributed by atoms with Crippen LogP contribution < -0.4 is 15.6 Å². The standard InChI is InChI=1S/C19H26N2O/c1-3-4-8-13-22-19-12-11-17(14-16(19)2)15-20-21-18-9-6-5-7-10-18/h5-7,9-12,14,20-21H,3-4,8,13,15H2,1-2H3. The lowest BCUT2D eigenvalue weighted by atomic mass is 10.1. The molecule has 22 heavy (non-hydrogen) atoms. The SMILES string of the molecule is CCCCCOc1ccc(CNNc2ccccc2)cc1C. The number of anilines is 1. The summed E-state index contributed by atoms with van der Waals surface area (Å²) in [6.07, 6.45) is 3.58. The fourth-order valence-electron chi connectivity index (χ4n) is 2.29. The fraction of sp³-hybridized carbons (Fsp3) is 0.368. The first kappa shape index (κ1) is 16.4. The van der Waals surface area contributed by atoms with Gasteiger partial charge in [-0.15, -0.1) is 0 Å². The summed E-state index contributed by atoms with van der Waals surface area (Å²) < 4.78 is 5.83. The molecule has 0 heterocycles. The third-order valence-corrected chi connectivity index (χ3v) is 3.54. The van der Waals surface area contributed by atoms with Crippen LogP contribution in [0.15, 0.2) is 48.5 Å². The number of hydrogen-bond donors (Lipinski definition) is 2. The highest BCUT2D eigenvalue weighted by Crippen LogP contribution is 2.19. The summed E-state index contributed by atoms with van der Waals surface area (Å²) in [5.74, 6) is 0.996. The summed E-state index contributed by atoms with van der Waals surface area (Å²) >= 11 is 0. The van der Waals surface area contributed by atoms with Crippen molar-refractivity contribution < 1.29 is 4.74 Å². The van der Waals surface area contributed by atoms with Crippen LogP contribution in [0.25, 0.3) is 0 Å². The average Bonchev–Trinajstić information content (AvgIpc) is 2.54. The third kappa shape index (κ3) is 5.41. The number of ether oxygens (including phenoxy) is 1. The molecule has 0 radical (unpaired) electrons. The minimum absolute atomic E-state index is 0.770. The number of aryl methyl sites for hydroxylation is 1. The van der Waals surface area contributed by atoms with E-state index in [1.807, 2.05) is 30.3 Å². The van der Waals surface area contributed by atoms with Gasteiger partial charge in [-0.1, -0.05) is 50.1 Å². The number of hydrazine groups is 1. The van der Waals surface area contributed by atoms with Gasteiger partial charge in [0.1, 0.15) is 5.75 Å². The minimum atomic E-state index is 0.770. The van der Waals surface area contributed by atoms with Crippen molar-refractivity contribution >= 4 is 5.69 Å². The van der Waals surface area contributed by atoms with E-state index in [0.29, 0.717) is 0 Å². The number of nitrogens with one attached hydrogen (secondary N) is 2. The van der Waals surface area contributed by atoms with E-state index < -0.39 is 0 Å². The Kier molecular flexibility index (Phi) is 6.78. The molecule has 0 atom stereocenters. The van der Waals surface area contributed by atoms with Crippen LogP contribution in [-0.2, 0) is 6.54 Å². The normalized spacial score (nSPS) is 10.5. The monoisotopic (exact) mass is 298 g/mol. The molecule has 0 unspecified atom stereocenters. The lowest BCUT2D eigenvalue weighted by molar-refractivity contribution is 0.304. The summed E-state index contributed by atoms with van der Waals surface area (Å²) in [5, 5.41) is 0. The van der Waals surface area contributed by atoms with E-state index in [0.717, 1.165) is 31.0 Å². The first-order chi connectivity index (χ1) is 10.8. The maximum Gasteiger partial charge on any atom is 0.122 e. The number of hydrogen-bond acceptors (Lipinski definition) is 3. The van der Waals surface area contributed by atoms with Crippen LogP contribution in [0.1, 0.15) is 37.3 Å². The lowest BCUT2D eigenvalue weighted by Crippen LogP contribution is -2.20. The summed E-state index contributed by atoms with van der Waals surface area (Å²) in [6.45, 7) is 5.88. The van der Waals surface area contributed by atoms with Crippen molar-refractivity contribution in [2.45, 2.75) is 39.7 Å². The van der Waals surface area contributed by atoms with Gasteiger partial charge >= 0.3 is 0 Å². The maximum absolute atomic E-state index is 5.83. The predicted octanol–water partition coefficient (Wildman–Crippen LogP) is 4.68. The second kappa shape index (κ2) is 9.11. The van der Waals surface area contributed by atoms with Crippen molar-refractivity contribution in [3.8, 4) is 5.75 Å². The molecule has 0 aliphatic heterocycles. The molecule has 0 aliphatic rings. The topological polar surface area (TPSA) is 33.3 Å². The van der Waals surface area contributed by atoms with E-state index in [9.17, 15) is 0 Å². The zero-order valence-corrected chi connectivity index (χ0v) is 13.6. The lowest BCUT2D eigenvalue weighted by Gasteiger charge is -2.12. The molecule has 3 nitrogen and oxygen atoms in total. The largest absolute Gasteiger partial charge is 0.493 e. The Morgan fingerprint density at radius 3 is 2.55 bits per heavy atom. The molecule has 0 spiro atoms. The number of rotatable bonds is 9. The second-order valence-electron chi connectivity index (χ2n) is 5.50. The molecule has 2 aromatic carbocycles. The van der Waals surface area contributed by atoms with Crippen LogP contribution >= 0.6 is 0 Å². The van der Waals surface area contributed by atoms with Gasteiger partial charge in [0.25, 0.3) is 0 Å². The molecule has 0 fully saturated rings. The molecule has 2 aromatic rings. The van der Waals surface area contributed by atoms with Gasteiger partial charge in [0.15, 0.2) is 0 Å². The van der Waals surface area contributed by atoms with Gasteiger partial charge in [-0.05, 0) is 42.7 Å². The minimum Gasteiger partial charge on any atom is -0.493 e. The molecule has 3 heteroatoms. The van der Waals surface area contributed by atoms with Crippen LogP contribution in [0, 0.1) is 6.92 Å². The summed E-state index contributed by atoms with van der Waals surface area (Å²) in [4.78, 5) is 0. The van der Waals surface area contributed by atoms with Crippen molar-refractivity contribution in [3.05, 3.63) is 59.7 Å². The van der Waals surface area contributed by atoms with E-state index in [-0.39, 0.29) is 0 Å². The molecule has 0 amide bonds. The maximum atomic E-state index is 5.83. The van der Waals surface area contributed by atoms with Crippen molar-refractivity contribution in [2.24, 2.45) is 0 Å². The molecule has 2 rings (SSSR count). The van der Waals surface area contributed by atoms with Crippen LogP contribution in [0.2, 0.25) is 0 Å². The molecule has 2 N–H and O–H groups in total. The molecule has 0 bridgehead atoms. The van der Waals surface area contributed by atoms with Gasteiger partial charge < -0.3 is 10.2 Å². The van der Waals surface area contributed by atoms with Gasteiger partial charge in [-0.2, -0.15) is 0 Å². The highest BCUT2D eigenvalue weighted by atomic mass is 16.5. The summed E-state index contributed by atoms with van der Waals surface area (Å²) in [7, 11) is 0. The molecule has 0 aliphatic carbocycles. The molecule has 0 saturated heterocycles. The smallest absolute Gasteiger partial charge is 0.122 e. The third-order valence-electron chi connectivity index (χ3n) is 3.54. The molecule has 0 aromatic heterocycles. The van der Waals surface area contributed by atoms with E-state index in [1.54, 1.807) is 0 Å². The van der Waals surface area contributed by atoms with E-state index in [2.05, 4.69) is 42.9 Å². The highest BCUT2D eigenvalue weighted by molar-refractivity contribution is 5.41. The first-order valence-electron chi connectivity index (χ1n) is 8.06. The predicted molar refractivity (Wildman–Crippen MR) is 93.1 cm³/mol. The Morgan fingerprint density at radius 1 is 1.00 bits per heavy atom. The Labute approximate surface area is 133 Å². The van der Waals surface area contributed by atoms with Crippen molar-refractivity contribution in [3.63, 3.8) is 0 Å². The number of para-hydroxylation sites is 1. The quantitative estimate of drug-likeness (QED) is 0.521. The van der Waals surface area contributed by atoms with Crippen LogP contribution in [0.4, 0.5) is 5.69 Å². The molecular formula is C19H26N2O. The van der Waals surface area contributed by atoms with Gasteiger partial charge in [0, 0.05) is 12.2 Å². The van der Waals surface area contributed by atoms with E-state index in [4.69, 9.17) is 4.74 Å². The van der Waals surface area contributed by atoms with Crippen molar-refractivity contribution in [1.82, 2.24) is 5.43 Å². The van der Waals surface area contributed by atoms with Gasteiger partial charge in [0.05, 0.1) is 6.61 Å². The highest BCUT2D eigenvalue weighted by Gasteiger charge is 2.01. The second-order valence-corrected chi connectivity index (χ2v) is 5.50. The Hall–Kier alpha value is -2.00. The van der Waals surface area contributed by atoms with Crippen molar-refractivity contribution in [2.75, 3.05) is 12.0 Å². The zero-order chi connectivity index (χ0) is 15.6. The Balaban J connectivity index is 1.79. The zero-order valence-electron chi connectivity index (χ0n) is 13.6. The Bertz CT molecular complexity index is 555. The molecular weight excluding hydrogens is 272 g/mol. The number of benzene rings is 2. The molecule has 0 saturated carbocycles. The van der Waals surface area contributed by atoms with E-state index in [1.165, 1.54) is 24.0 Å². The van der Waals surface area contributed by atoms with Crippen LogP contribution in [-0.4, -0.2) is 6.61 Å². The Morgan fingerprint density at radius 2 is 1.82 bits per heavy atom. The van der Waals surface area contributed by atoms with Crippen molar-refractivity contribution in [1.29, 1.82) is 0 Å². The first-order valence-corrected chi connectivity index (χ1v) is 8.06. The van der Waals surface area contributed by atoms with Gasteiger partial charge in [-0.25, -0.2) is 5.43 Å². The van der Waals surface area contributed by atoms with Crippen LogP contribution in [0.3, 0.4) is 0 Å². The molecule has 118 valence electrons. The van der Waals surface area contributed by atoms with E-state index >= 15 is 0 Å². The number of unbranched alkanes of at least 4 members (excludes halogenated alkanes) is 2. The fourth-order valence-corrected chi connectivity index (χ4v) is 2.29. The van der Waals surface area contributed by atoms with Crippen LogP contribution in [0.5, 0.6) is 5.75 Å². The van der Waals surface area contributed by atoms with Gasteiger partial charge in [0.2, 0.25) is 0 Å².